The van der Waals surface area contributed by atoms with Crippen molar-refractivity contribution < 1.29 is 9.84 Å². The van der Waals surface area contributed by atoms with E-state index in [4.69, 9.17) is 16.3 Å². The average Bonchev–Trinajstić information content (AvgIpc) is 2.58. The van der Waals surface area contributed by atoms with Crippen LogP contribution in [0.5, 0.6) is 5.75 Å². The highest BCUT2D eigenvalue weighted by Crippen LogP contribution is 2.20. The SMILES string of the molecule is OC(CNc1cccc(Cl)c1)COc1ccc2ccccc2c1. The number of halogens is 1. The van der Waals surface area contributed by atoms with E-state index in [2.05, 4.69) is 11.4 Å². The van der Waals surface area contributed by atoms with Crippen LogP contribution in [0.2, 0.25) is 5.02 Å². The van der Waals surface area contributed by atoms with Gasteiger partial charge in [-0.15, -0.1) is 0 Å². The van der Waals surface area contributed by atoms with Gasteiger partial charge in [0.2, 0.25) is 0 Å². The van der Waals surface area contributed by atoms with Crippen LogP contribution in [-0.2, 0) is 0 Å². The Labute approximate surface area is 140 Å². The van der Waals surface area contributed by atoms with Crippen LogP contribution in [0, 0.1) is 0 Å². The Morgan fingerprint density at radius 2 is 1.78 bits per heavy atom. The Morgan fingerprint density at radius 1 is 0.957 bits per heavy atom. The lowest BCUT2D eigenvalue weighted by Gasteiger charge is -2.14. The van der Waals surface area contributed by atoms with Gasteiger partial charge in [0.05, 0.1) is 0 Å². The van der Waals surface area contributed by atoms with Crippen LogP contribution in [0.15, 0.2) is 66.7 Å². The zero-order valence-corrected chi connectivity index (χ0v) is 13.3. The summed E-state index contributed by atoms with van der Waals surface area (Å²) in [6.45, 7) is 0.625. The largest absolute Gasteiger partial charge is 0.491 e. The minimum atomic E-state index is -0.611. The number of ether oxygens (including phenoxy) is 1. The zero-order chi connectivity index (χ0) is 16.1. The van der Waals surface area contributed by atoms with Crippen molar-refractivity contribution in [3.05, 3.63) is 71.8 Å². The quantitative estimate of drug-likeness (QED) is 0.707. The first-order valence-electron chi connectivity index (χ1n) is 7.50. The van der Waals surface area contributed by atoms with Crippen LogP contribution >= 0.6 is 11.6 Å². The van der Waals surface area contributed by atoms with Crippen molar-refractivity contribution in [1.29, 1.82) is 0 Å². The molecule has 23 heavy (non-hydrogen) atoms. The highest BCUT2D eigenvalue weighted by Gasteiger charge is 2.06. The van der Waals surface area contributed by atoms with Crippen LogP contribution in [0.4, 0.5) is 5.69 Å². The van der Waals surface area contributed by atoms with E-state index in [0.29, 0.717) is 11.6 Å². The van der Waals surface area contributed by atoms with Gasteiger partial charge in [-0.1, -0.05) is 48.0 Å². The van der Waals surface area contributed by atoms with Gasteiger partial charge in [0, 0.05) is 17.3 Å². The smallest absolute Gasteiger partial charge is 0.120 e. The number of aliphatic hydroxyl groups is 1. The van der Waals surface area contributed by atoms with E-state index in [1.165, 1.54) is 5.39 Å². The van der Waals surface area contributed by atoms with Crippen LogP contribution in [0.1, 0.15) is 0 Å². The molecule has 0 radical (unpaired) electrons. The number of anilines is 1. The topological polar surface area (TPSA) is 41.5 Å². The normalized spacial score (nSPS) is 12.1. The molecule has 1 unspecified atom stereocenters. The summed E-state index contributed by atoms with van der Waals surface area (Å²) in [7, 11) is 0. The molecule has 0 aromatic heterocycles. The molecule has 3 rings (SSSR count). The maximum atomic E-state index is 10.0. The molecule has 0 bridgehead atoms. The summed E-state index contributed by atoms with van der Waals surface area (Å²) in [4.78, 5) is 0. The molecule has 0 heterocycles. The third kappa shape index (κ3) is 4.38. The molecule has 3 nitrogen and oxygen atoms in total. The highest BCUT2D eigenvalue weighted by atomic mass is 35.5. The van der Waals surface area contributed by atoms with Gasteiger partial charge >= 0.3 is 0 Å². The Hall–Kier alpha value is -2.23. The van der Waals surface area contributed by atoms with Gasteiger partial charge in [0.1, 0.15) is 18.5 Å². The summed E-state index contributed by atoms with van der Waals surface area (Å²) in [6, 6.07) is 21.4. The van der Waals surface area contributed by atoms with E-state index in [0.717, 1.165) is 16.8 Å². The molecule has 3 aromatic carbocycles. The Balaban J connectivity index is 1.52. The third-order valence-corrected chi connectivity index (χ3v) is 3.76. The lowest BCUT2D eigenvalue weighted by Crippen LogP contribution is -2.26. The van der Waals surface area contributed by atoms with Crippen LogP contribution in [0.25, 0.3) is 10.8 Å². The molecular weight excluding hydrogens is 310 g/mol. The van der Waals surface area contributed by atoms with Gasteiger partial charge in [-0.3, -0.25) is 0 Å². The van der Waals surface area contributed by atoms with E-state index < -0.39 is 6.10 Å². The first-order chi connectivity index (χ1) is 11.2. The van der Waals surface area contributed by atoms with Crippen LogP contribution < -0.4 is 10.1 Å². The summed E-state index contributed by atoms with van der Waals surface area (Å²) in [5.74, 6) is 0.755. The molecule has 1 atom stereocenters. The van der Waals surface area contributed by atoms with E-state index >= 15 is 0 Å². The maximum absolute atomic E-state index is 10.0. The van der Waals surface area contributed by atoms with Crippen molar-refractivity contribution in [3.8, 4) is 5.75 Å². The lowest BCUT2D eigenvalue weighted by atomic mass is 10.1. The zero-order valence-electron chi connectivity index (χ0n) is 12.6. The summed E-state index contributed by atoms with van der Waals surface area (Å²) in [6.07, 6.45) is -0.611. The molecule has 2 N–H and O–H groups in total. The average molecular weight is 328 g/mol. The summed E-state index contributed by atoms with van der Waals surface area (Å²) < 4.78 is 5.67. The first kappa shape index (κ1) is 15.7. The molecule has 118 valence electrons. The van der Waals surface area contributed by atoms with Gasteiger partial charge in [-0.05, 0) is 41.1 Å². The second kappa shape index (κ2) is 7.36. The van der Waals surface area contributed by atoms with Crippen molar-refractivity contribution in [2.45, 2.75) is 6.10 Å². The van der Waals surface area contributed by atoms with Gasteiger partial charge in [-0.2, -0.15) is 0 Å². The number of nitrogens with one attached hydrogen (secondary N) is 1. The minimum absolute atomic E-state index is 0.228. The number of fused-ring (bicyclic) bond motifs is 1. The molecule has 0 saturated heterocycles. The molecule has 0 fully saturated rings. The predicted octanol–water partition coefficient (Wildman–Crippen LogP) is 4.35. The number of rotatable bonds is 6. The van der Waals surface area contributed by atoms with Crippen molar-refractivity contribution in [3.63, 3.8) is 0 Å². The number of aliphatic hydroxyl groups excluding tert-OH is 1. The maximum Gasteiger partial charge on any atom is 0.120 e. The molecule has 0 amide bonds. The lowest BCUT2D eigenvalue weighted by molar-refractivity contribution is 0.117. The predicted molar refractivity (Wildman–Crippen MR) is 95.4 cm³/mol. The third-order valence-electron chi connectivity index (χ3n) is 3.53. The fourth-order valence-electron chi connectivity index (χ4n) is 2.34. The molecule has 0 saturated carbocycles. The molecule has 0 aliphatic rings. The molecule has 0 spiro atoms. The molecule has 0 aliphatic heterocycles. The van der Waals surface area contributed by atoms with E-state index in [9.17, 15) is 5.11 Å². The van der Waals surface area contributed by atoms with Gasteiger partial charge < -0.3 is 15.2 Å². The van der Waals surface area contributed by atoms with Crippen molar-refractivity contribution in [1.82, 2.24) is 0 Å². The highest BCUT2D eigenvalue weighted by molar-refractivity contribution is 6.30. The van der Waals surface area contributed by atoms with Gasteiger partial charge in [0.25, 0.3) is 0 Å². The van der Waals surface area contributed by atoms with Crippen LogP contribution in [-0.4, -0.2) is 24.4 Å². The second-order valence-electron chi connectivity index (χ2n) is 5.37. The van der Waals surface area contributed by atoms with Gasteiger partial charge in [0.15, 0.2) is 0 Å². The number of hydrogen-bond acceptors (Lipinski definition) is 3. The molecular formula is C19H18ClNO2. The molecule has 3 aromatic rings. The second-order valence-corrected chi connectivity index (χ2v) is 5.80. The number of hydrogen-bond donors (Lipinski definition) is 2. The van der Waals surface area contributed by atoms with Crippen LogP contribution in [0.3, 0.4) is 0 Å². The Kier molecular flexibility index (Phi) is 5.01. The van der Waals surface area contributed by atoms with E-state index in [1.54, 1.807) is 0 Å². The van der Waals surface area contributed by atoms with E-state index in [-0.39, 0.29) is 6.61 Å². The summed E-state index contributed by atoms with van der Waals surface area (Å²) in [5, 5.41) is 16.1. The Morgan fingerprint density at radius 3 is 2.61 bits per heavy atom. The van der Waals surface area contributed by atoms with Crippen molar-refractivity contribution in [2.75, 3.05) is 18.5 Å². The van der Waals surface area contributed by atoms with E-state index in [1.807, 2.05) is 60.7 Å². The fourth-order valence-corrected chi connectivity index (χ4v) is 2.53. The first-order valence-corrected chi connectivity index (χ1v) is 7.87. The fraction of sp³-hybridized carbons (Fsp3) is 0.158. The standard InChI is InChI=1S/C19H18ClNO2/c20-16-6-3-7-17(11-16)21-12-18(22)13-23-19-9-8-14-4-1-2-5-15(14)10-19/h1-11,18,21-22H,12-13H2. The van der Waals surface area contributed by atoms with Crippen molar-refractivity contribution in [2.24, 2.45) is 0 Å². The molecule has 0 aliphatic carbocycles. The molecule has 4 heteroatoms. The monoisotopic (exact) mass is 327 g/mol. The summed E-state index contributed by atoms with van der Waals surface area (Å²) in [5.41, 5.74) is 0.877. The Bertz CT molecular complexity index is 791. The van der Waals surface area contributed by atoms with Crippen molar-refractivity contribution >= 4 is 28.1 Å². The minimum Gasteiger partial charge on any atom is -0.491 e. The number of benzene rings is 3. The summed E-state index contributed by atoms with van der Waals surface area (Å²) >= 11 is 5.92. The van der Waals surface area contributed by atoms with Gasteiger partial charge in [-0.25, -0.2) is 0 Å².